The van der Waals surface area contributed by atoms with E-state index in [1.165, 1.54) is 64.9 Å². The summed E-state index contributed by atoms with van der Waals surface area (Å²) in [6.45, 7) is 0. The van der Waals surface area contributed by atoms with Crippen molar-refractivity contribution >= 4 is 69.2 Å². The largest absolute Gasteiger partial charge is 1.00 e. The van der Waals surface area contributed by atoms with E-state index < -0.39 is 15.8 Å². The van der Waals surface area contributed by atoms with Crippen molar-refractivity contribution < 1.29 is 44.8 Å². The van der Waals surface area contributed by atoms with Crippen molar-refractivity contribution in [1.29, 1.82) is 0 Å². The van der Waals surface area contributed by atoms with Crippen molar-refractivity contribution in [3.05, 3.63) is 303 Å². The van der Waals surface area contributed by atoms with Gasteiger partial charge in [-0.3, -0.25) is 11.8 Å². The SMILES string of the molecule is [Au+].[Au+].[C-]#Cc1cccc2c(-c3ccccc3)cccc12.[C-]#Cc1cccc2c(-c3ccccc3)cccc12.c1ccc([PH+](c2ccccc2)c2ccccc2[PH+](c2ccccc2)c2ccccc2)cc1. The number of benzene rings is 11. The molecule has 0 fully saturated rings. The van der Waals surface area contributed by atoms with Crippen LogP contribution in [-0.2, 0) is 44.8 Å². The Morgan fingerprint density at radius 2 is 0.500 bits per heavy atom. The smallest absolute Gasteiger partial charge is 0.366 e. The maximum atomic E-state index is 7.35. The Hall–Kier alpha value is -6.60. The molecule has 0 saturated carbocycles. The van der Waals surface area contributed by atoms with Crippen molar-refractivity contribution in [3.63, 3.8) is 0 Å². The molecule has 11 aromatic rings. The summed E-state index contributed by atoms with van der Waals surface area (Å²) >= 11 is 0. The first kappa shape index (κ1) is 51.3. The standard InChI is InChI=1S/C30H24P2.2C18H11.2Au/c1-5-15-25(16-6-1)31(26-17-7-2-8-18-26)29-23-13-14-24-30(29)32(27-19-9-3-10-20-27)28-21-11-4-12-22-28;2*1-2-14-10-6-13-18-16(14)11-7-12-17(18)15-8-4-3-5-9-15;;/h1-24H;2*3-13H;;/q;2*-1;2*+1/p+2. The van der Waals surface area contributed by atoms with Crippen molar-refractivity contribution in [2.45, 2.75) is 0 Å². The zero-order valence-electron chi connectivity index (χ0n) is 38.2. The van der Waals surface area contributed by atoms with Gasteiger partial charge in [0.15, 0.2) is 0 Å². The number of rotatable bonds is 8. The second-order valence-corrected chi connectivity index (χ2v) is 21.0. The summed E-state index contributed by atoms with van der Waals surface area (Å²) in [5, 5.41) is 13.2. The molecule has 342 valence electrons. The van der Waals surface area contributed by atoms with Crippen molar-refractivity contribution in [3.8, 4) is 34.1 Å². The van der Waals surface area contributed by atoms with Gasteiger partial charge in [-0.15, -0.1) is 23.3 Å². The monoisotopic (exact) mass is 1300 g/mol. The van der Waals surface area contributed by atoms with Crippen LogP contribution in [0.25, 0.3) is 43.8 Å². The van der Waals surface area contributed by atoms with Gasteiger partial charge < -0.3 is 12.8 Å². The average molecular weight is 1300 g/mol. The molecule has 0 aliphatic heterocycles. The van der Waals surface area contributed by atoms with E-state index in [1.807, 2.05) is 84.9 Å². The molecule has 0 unspecified atom stereocenters. The molecule has 0 amide bonds. The summed E-state index contributed by atoms with van der Waals surface area (Å²) in [6.07, 6.45) is 14.7. The van der Waals surface area contributed by atoms with E-state index in [-0.39, 0.29) is 44.8 Å². The van der Waals surface area contributed by atoms with Gasteiger partial charge in [-0.25, -0.2) is 0 Å². The summed E-state index contributed by atoms with van der Waals surface area (Å²) in [7, 11) is -2.28. The predicted octanol–water partition coefficient (Wildman–Crippen LogP) is 13.6. The minimum absolute atomic E-state index is 0. The second-order valence-electron chi connectivity index (χ2n) is 16.2. The third kappa shape index (κ3) is 12.0. The third-order valence-electron chi connectivity index (χ3n) is 12.0. The Morgan fingerprint density at radius 3 is 0.800 bits per heavy atom. The first-order valence-corrected chi connectivity index (χ1v) is 25.8. The fourth-order valence-corrected chi connectivity index (χ4v) is 14.9. The van der Waals surface area contributed by atoms with E-state index in [0.717, 1.165) is 21.9 Å². The quantitative estimate of drug-likeness (QED) is 0.0616. The third-order valence-corrected chi connectivity index (χ3v) is 17.8. The molecular formula is C66H48Au2P2+2. The normalized spacial score (nSPS) is 10.3. The van der Waals surface area contributed by atoms with E-state index in [1.54, 1.807) is 0 Å². The minimum atomic E-state index is -1.14. The van der Waals surface area contributed by atoms with Gasteiger partial charge in [0.05, 0.1) is 0 Å². The molecule has 11 aromatic carbocycles. The van der Waals surface area contributed by atoms with Gasteiger partial charge in [0.2, 0.25) is 0 Å². The molecule has 0 aliphatic rings. The van der Waals surface area contributed by atoms with Crippen LogP contribution >= 0.6 is 15.8 Å². The van der Waals surface area contributed by atoms with E-state index in [4.69, 9.17) is 12.8 Å². The molecule has 4 heteroatoms. The molecule has 70 heavy (non-hydrogen) atoms. The van der Waals surface area contributed by atoms with E-state index >= 15 is 0 Å². The second kappa shape index (κ2) is 25.8. The van der Waals surface area contributed by atoms with Crippen molar-refractivity contribution in [1.82, 2.24) is 0 Å². The van der Waals surface area contributed by atoms with Gasteiger partial charge in [0.1, 0.15) is 47.7 Å². The number of hydrogen-bond donors (Lipinski definition) is 0. The Kier molecular flexibility index (Phi) is 18.9. The Bertz CT molecular complexity index is 3150. The summed E-state index contributed by atoms with van der Waals surface area (Å²) in [5.74, 6) is 5.00. The number of hydrogen-bond acceptors (Lipinski definition) is 0. The van der Waals surface area contributed by atoms with Crippen LogP contribution in [0.1, 0.15) is 11.1 Å². The van der Waals surface area contributed by atoms with Gasteiger partial charge in [-0.05, 0) is 93.7 Å². The molecule has 0 saturated heterocycles. The van der Waals surface area contributed by atoms with E-state index in [9.17, 15) is 0 Å². The fraction of sp³-hybridized carbons (Fsp3) is 0. The molecule has 0 bridgehead atoms. The van der Waals surface area contributed by atoms with Crippen LogP contribution in [0, 0.1) is 24.7 Å². The fourth-order valence-electron chi connectivity index (χ4n) is 8.87. The van der Waals surface area contributed by atoms with E-state index in [0.29, 0.717) is 0 Å². The molecule has 0 spiro atoms. The maximum absolute atomic E-state index is 7.35. The number of fused-ring (bicyclic) bond motifs is 2. The zero-order chi connectivity index (χ0) is 46.3. The van der Waals surface area contributed by atoms with Gasteiger partial charge in [-0.1, -0.05) is 217 Å². The Balaban J connectivity index is 0.000000163. The summed E-state index contributed by atoms with van der Waals surface area (Å²) in [4.78, 5) is 0. The predicted molar refractivity (Wildman–Crippen MR) is 298 cm³/mol. The molecule has 0 radical (unpaired) electrons. The van der Waals surface area contributed by atoms with Crippen LogP contribution in [0.5, 0.6) is 0 Å². The van der Waals surface area contributed by atoms with Crippen LogP contribution in [0.15, 0.2) is 279 Å². The van der Waals surface area contributed by atoms with Gasteiger partial charge in [0, 0.05) is 0 Å². The van der Waals surface area contributed by atoms with Crippen molar-refractivity contribution in [2.24, 2.45) is 0 Å². The van der Waals surface area contributed by atoms with Crippen molar-refractivity contribution in [2.75, 3.05) is 0 Å². The Labute approximate surface area is 447 Å². The first-order chi connectivity index (χ1) is 33.7. The van der Waals surface area contributed by atoms with Crippen LogP contribution in [0.2, 0.25) is 0 Å². The van der Waals surface area contributed by atoms with Crippen LogP contribution in [0.3, 0.4) is 0 Å². The maximum Gasteiger partial charge on any atom is 1.00 e. The zero-order valence-corrected chi connectivity index (χ0v) is 44.5. The summed E-state index contributed by atoms with van der Waals surface area (Å²) in [5.41, 5.74) is 6.47. The topological polar surface area (TPSA) is 0 Å². The molecule has 0 aromatic heterocycles. The average Bonchev–Trinajstić information content (AvgIpc) is 3.43. The Morgan fingerprint density at radius 1 is 0.243 bits per heavy atom. The molecule has 0 N–H and O–H groups in total. The molecule has 0 aliphatic carbocycles. The van der Waals surface area contributed by atoms with Crippen LogP contribution in [0.4, 0.5) is 0 Å². The molecule has 0 heterocycles. The molecule has 11 rings (SSSR count). The minimum Gasteiger partial charge on any atom is -0.366 e. The van der Waals surface area contributed by atoms with Gasteiger partial charge in [-0.2, -0.15) is 0 Å². The first-order valence-electron chi connectivity index (χ1n) is 22.8. The summed E-state index contributed by atoms with van der Waals surface area (Å²) in [6, 6.07) is 98.4. The van der Waals surface area contributed by atoms with E-state index in [2.05, 4.69) is 206 Å². The molecule has 0 nitrogen and oxygen atoms in total. The van der Waals surface area contributed by atoms with Gasteiger partial charge in [0.25, 0.3) is 0 Å². The van der Waals surface area contributed by atoms with Crippen LogP contribution < -0.4 is 31.8 Å². The van der Waals surface area contributed by atoms with Crippen LogP contribution in [-0.4, -0.2) is 0 Å². The summed E-state index contributed by atoms with van der Waals surface area (Å²) < 4.78 is 0. The molecular weight excluding hydrogens is 1250 g/mol. The van der Waals surface area contributed by atoms with Gasteiger partial charge >= 0.3 is 44.8 Å². The molecule has 0 atom stereocenters.